The fourth-order valence-corrected chi connectivity index (χ4v) is 2.11. The molecule has 5 heteroatoms. The molecule has 1 aromatic rings. The molecule has 1 N–H and O–H groups in total. The molecule has 2 rings (SSSR count). The molecule has 0 bridgehead atoms. The lowest BCUT2D eigenvalue weighted by Crippen LogP contribution is -2.41. The van der Waals surface area contributed by atoms with E-state index >= 15 is 0 Å². The van der Waals surface area contributed by atoms with Crippen molar-refractivity contribution in [2.75, 3.05) is 6.61 Å². The van der Waals surface area contributed by atoms with E-state index in [4.69, 9.17) is 14.4 Å². The molecule has 0 saturated carbocycles. The Balaban J connectivity index is 2.25. The third-order valence-electron chi connectivity index (χ3n) is 4.05. The number of hydrogen-bond acceptors (Lipinski definition) is 4. The number of pyridine rings is 1. The average Bonchev–Trinajstić information content (AvgIpc) is 2.48. The Labute approximate surface area is 115 Å². The zero-order chi connectivity index (χ0) is 14.3. The van der Waals surface area contributed by atoms with Gasteiger partial charge in [0.1, 0.15) is 0 Å². The van der Waals surface area contributed by atoms with E-state index in [0.717, 1.165) is 16.7 Å². The molecule has 0 radical (unpaired) electrons. The zero-order valence-corrected chi connectivity index (χ0v) is 12.4. The second-order valence-corrected chi connectivity index (χ2v) is 6.11. The maximum absolute atomic E-state index is 8.95. The van der Waals surface area contributed by atoms with Gasteiger partial charge in [-0.15, -0.1) is 0 Å². The maximum Gasteiger partial charge on any atom is 0.514 e. The summed E-state index contributed by atoms with van der Waals surface area (Å²) in [7, 11) is -0.423. The predicted molar refractivity (Wildman–Crippen MR) is 75.5 cm³/mol. The SMILES string of the molecule is Cc1cc(CCO)cnc1B1OC(C)(C)C(C)(C)O1. The molecule has 104 valence electrons. The molecule has 1 fully saturated rings. The first-order valence-corrected chi connectivity index (χ1v) is 6.69. The molecule has 1 aliphatic heterocycles. The summed E-state index contributed by atoms with van der Waals surface area (Å²) in [6, 6.07) is 2.03. The minimum atomic E-state index is -0.423. The van der Waals surface area contributed by atoms with Gasteiger partial charge in [0.2, 0.25) is 0 Å². The summed E-state index contributed by atoms with van der Waals surface area (Å²) in [6.07, 6.45) is 2.40. The van der Waals surface area contributed by atoms with Crippen molar-refractivity contribution >= 4 is 12.7 Å². The Morgan fingerprint density at radius 1 is 1.21 bits per heavy atom. The van der Waals surface area contributed by atoms with Gasteiger partial charge in [-0.3, -0.25) is 4.98 Å². The van der Waals surface area contributed by atoms with Crippen LogP contribution >= 0.6 is 0 Å². The Bertz CT molecular complexity index is 458. The Hall–Kier alpha value is -0.905. The molecule has 1 aromatic heterocycles. The van der Waals surface area contributed by atoms with Crippen LogP contribution in [0.2, 0.25) is 0 Å². The number of aliphatic hydroxyl groups is 1. The van der Waals surface area contributed by atoms with Crippen LogP contribution < -0.4 is 5.59 Å². The first-order chi connectivity index (χ1) is 8.77. The first kappa shape index (κ1) is 14.5. The van der Waals surface area contributed by atoms with Crippen molar-refractivity contribution in [2.45, 2.75) is 52.2 Å². The van der Waals surface area contributed by atoms with E-state index in [1.165, 1.54) is 0 Å². The third-order valence-corrected chi connectivity index (χ3v) is 4.05. The molecule has 0 unspecified atom stereocenters. The highest BCUT2D eigenvalue weighted by molar-refractivity contribution is 6.61. The zero-order valence-electron chi connectivity index (χ0n) is 12.4. The van der Waals surface area contributed by atoms with Crippen LogP contribution in [0.1, 0.15) is 38.8 Å². The standard InChI is InChI=1S/C14H22BNO3/c1-10-8-11(6-7-17)9-16-12(10)15-18-13(2,3)14(4,5)19-15/h8-9,17H,6-7H2,1-5H3. The van der Waals surface area contributed by atoms with E-state index < -0.39 is 7.12 Å². The lowest BCUT2D eigenvalue weighted by Gasteiger charge is -2.32. The van der Waals surface area contributed by atoms with Crippen LogP contribution in [-0.4, -0.2) is 35.0 Å². The van der Waals surface area contributed by atoms with Crippen LogP contribution in [0.4, 0.5) is 0 Å². The van der Waals surface area contributed by atoms with Crippen molar-refractivity contribution < 1.29 is 14.4 Å². The fourth-order valence-electron chi connectivity index (χ4n) is 2.11. The average molecular weight is 263 g/mol. The molecular formula is C14H22BNO3. The molecule has 2 heterocycles. The quantitative estimate of drug-likeness (QED) is 0.833. The first-order valence-electron chi connectivity index (χ1n) is 6.69. The van der Waals surface area contributed by atoms with E-state index in [2.05, 4.69) is 4.98 Å². The summed E-state index contributed by atoms with van der Waals surface area (Å²) in [5, 5.41) is 8.95. The van der Waals surface area contributed by atoms with E-state index in [0.29, 0.717) is 6.42 Å². The minimum absolute atomic E-state index is 0.136. The van der Waals surface area contributed by atoms with Gasteiger partial charge in [-0.25, -0.2) is 0 Å². The van der Waals surface area contributed by atoms with Crippen LogP contribution in [0.15, 0.2) is 12.3 Å². The second-order valence-electron chi connectivity index (χ2n) is 6.11. The number of rotatable bonds is 3. The molecule has 19 heavy (non-hydrogen) atoms. The minimum Gasteiger partial charge on any atom is -0.398 e. The van der Waals surface area contributed by atoms with Crippen molar-refractivity contribution in [1.82, 2.24) is 4.98 Å². The summed E-state index contributed by atoms with van der Waals surface area (Å²) in [4.78, 5) is 4.45. The molecule has 0 aliphatic carbocycles. The van der Waals surface area contributed by atoms with Crippen molar-refractivity contribution in [2.24, 2.45) is 0 Å². The summed E-state index contributed by atoms with van der Waals surface area (Å²) in [5.41, 5.74) is 2.18. The van der Waals surface area contributed by atoms with Crippen molar-refractivity contribution in [3.05, 3.63) is 23.4 Å². The number of aromatic nitrogens is 1. The molecule has 0 spiro atoms. The van der Waals surface area contributed by atoms with Gasteiger partial charge in [0.05, 0.1) is 16.8 Å². The Morgan fingerprint density at radius 3 is 2.26 bits per heavy atom. The summed E-state index contributed by atoms with van der Waals surface area (Å²) in [6.45, 7) is 10.3. The fraction of sp³-hybridized carbons (Fsp3) is 0.643. The van der Waals surface area contributed by atoms with Crippen LogP contribution in [0.3, 0.4) is 0 Å². The highest BCUT2D eigenvalue weighted by Crippen LogP contribution is 2.36. The number of nitrogens with zero attached hydrogens (tertiary/aromatic N) is 1. The van der Waals surface area contributed by atoms with Crippen LogP contribution in [0.25, 0.3) is 0 Å². The van der Waals surface area contributed by atoms with Gasteiger partial charge in [-0.2, -0.15) is 0 Å². The van der Waals surface area contributed by atoms with Crippen molar-refractivity contribution in [3.63, 3.8) is 0 Å². The van der Waals surface area contributed by atoms with E-state index in [1.54, 1.807) is 6.20 Å². The second kappa shape index (κ2) is 4.89. The van der Waals surface area contributed by atoms with E-state index in [1.807, 2.05) is 40.7 Å². The molecule has 1 aliphatic rings. The summed E-state index contributed by atoms with van der Waals surface area (Å²) in [5.74, 6) is 0. The van der Waals surface area contributed by atoms with Crippen LogP contribution in [0, 0.1) is 6.92 Å². The molecule has 0 aromatic carbocycles. The number of hydrogen-bond donors (Lipinski definition) is 1. The lowest BCUT2D eigenvalue weighted by molar-refractivity contribution is 0.00578. The normalized spacial score (nSPS) is 20.8. The van der Waals surface area contributed by atoms with Gasteiger partial charge in [0.15, 0.2) is 0 Å². The van der Waals surface area contributed by atoms with E-state index in [-0.39, 0.29) is 17.8 Å². The van der Waals surface area contributed by atoms with Crippen LogP contribution in [-0.2, 0) is 15.7 Å². The summed E-state index contributed by atoms with van der Waals surface area (Å²) < 4.78 is 12.0. The molecule has 0 atom stereocenters. The molecule has 1 saturated heterocycles. The van der Waals surface area contributed by atoms with Gasteiger partial charge in [-0.1, -0.05) is 6.07 Å². The predicted octanol–water partition coefficient (Wildman–Crippen LogP) is 1.22. The highest BCUT2D eigenvalue weighted by atomic mass is 16.7. The monoisotopic (exact) mass is 263 g/mol. The lowest BCUT2D eigenvalue weighted by atomic mass is 9.81. The summed E-state index contributed by atoms with van der Waals surface area (Å²) >= 11 is 0. The van der Waals surface area contributed by atoms with Gasteiger partial charge in [0, 0.05) is 12.8 Å². The topological polar surface area (TPSA) is 51.6 Å². The largest absolute Gasteiger partial charge is 0.514 e. The van der Waals surface area contributed by atoms with E-state index in [9.17, 15) is 0 Å². The van der Waals surface area contributed by atoms with Crippen molar-refractivity contribution in [1.29, 1.82) is 0 Å². The highest BCUT2D eigenvalue weighted by Gasteiger charge is 2.52. The number of aliphatic hydroxyl groups excluding tert-OH is 1. The van der Waals surface area contributed by atoms with Gasteiger partial charge in [-0.05, 0) is 52.2 Å². The Kier molecular flexibility index (Phi) is 3.73. The van der Waals surface area contributed by atoms with Crippen LogP contribution in [0.5, 0.6) is 0 Å². The molecular weight excluding hydrogens is 241 g/mol. The smallest absolute Gasteiger partial charge is 0.398 e. The molecule has 4 nitrogen and oxygen atoms in total. The molecule has 0 amide bonds. The maximum atomic E-state index is 8.95. The Morgan fingerprint density at radius 2 is 1.79 bits per heavy atom. The van der Waals surface area contributed by atoms with Gasteiger partial charge < -0.3 is 14.4 Å². The van der Waals surface area contributed by atoms with Gasteiger partial charge in [0.25, 0.3) is 0 Å². The third kappa shape index (κ3) is 2.68. The van der Waals surface area contributed by atoms with Gasteiger partial charge >= 0.3 is 7.12 Å². The van der Waals surface area contributed by atoms with Crippen molar-refractivity contribution in [3.8, 4) is 0 Å². The number of aryl methyl sites for hydroxylation is 1.